The molecule has 0 saturated heterocycles. The van der Waals surface area contributed by atoms with Crippen LogP contribution < -0.4 is 0 Å². The fourth-order valence-electron chi connectivity index (χ4n) is 2.09. The van der Waals surface area contributed by atoms with Crippen molar-refractivity contribution in [1.82, 2.24) is 4.31 Å². The lowest BCUT2D eigenvalue weighted by Crippen LogP contribution is -2.38. The minimum atomic E-state index is -3.41. The maximum absolute atomic E-state index is 12.7. The standard InChI is InChI=1S/C14H22BrNO2S/c1-11(2)16(9-5-8-15)19(17,18)14-7-6-12(3)10-13(14)4/h6-7,10-11H,5,8-9H2,1-4H3. The van der Waals surface area contributed by atoms with E-state index in [2.05, 4.69) is 15.9 Å². The summed E-state index contributed by atoms with van der Waals surface area (Å²) in [7, 11) is -3.41. The van der Waals surface area contributed by atoms with Gasteiger partial charge >= 0.3 is 0 Å². The van der Waals surface area contributed by atoms with E-state index >= 15 is 0 Å². The molecule has 1 rings (SSSR count). The molecular weight excluding hydrogens is 326 g/mol. The highest BCUT2D eigenvalue weighted by Gasteiger charge is 2.27. The van der Waals surface area contributed by atoms with E-state index in [0.717, 1.165) is 22.9 Å². The molecule has 0 unspecified atom stereocenters. The highest BCUT2D eigenvalue weighted by molar-refractivity contribution is 9.09. The summed E-state index contributed by atoms with van der Waals surface area (Å²) in [6, 6.07) is 5.44. The van der Waals surface area contributed by atoms with Crippen LogP contribution in [-0.4, -0.2) is 30.6 Å². The SMILES string of the molecule is Cc1ccc(S(=O)(=O)N(CCCBr)C(C)C)c(C)c1. The minimum absolute atomic E-state index is 0.0373. The molecule has 0 atom stereocenters. The largest absolute Gasteiger partial charge is 0.243 e. The first-order valence-electron chi connectivity index (χ1n) is 6.45. The van der Waals surface area contributed by atoms with Crippen molar-refractivity contribution in [3.05, 3.63) is 29.3 Å². The highest BCUT2D eigenvalue weighted by atomic mass is 79.9. The van der Waals surface area contributed by atoms with Gasteiger partial charge in [-0.3, -0.25) is 0 Å². The van der Waals surface area contributed by atoms with Crippen molar-refractivity contribution < 1.29 is 8.42 Å². The molecule has 1 aromatic rings. The van der Waals surface area contributed by atoms with Gasteiger partial charge in [0.2, 0.25) is 10.0 Å². The summed E-state index contributed by atoms with van der Waals surface area (Å²) in [6.45, 7) is 8.18. The smallest absolute Gasteiger partial charge is 0.207 e. The van der Waals surface area contributed by atoms with Crippen molar-refractivity contribution in [2.24, 2.45) is 0 Å². The topological polar surface area (TPSA) is 37.4 Å². The average Bonchev–Trinajstić information content (AvgIpc) is 2.27. The van der Waals surface area contributed by atoms with Crippen LogP contribution in [0.25, 0.3) is 0 Å². The number of alkyl halides is 1. The lowest BCUT2D eigenvalue weighted by atomic mass is 10.2. The zero-order chi connectivity index (χ0) is 14.6. The Morgan fingerprint density at radius 1 is 1.26 bits per heavy atom. The number of sulfonamides is 1. The Hall–Kier alpha value is -0.390. The predicted octanol–water partition coefficient (Wildman–Crippen LogP) is 3.49. The molecule has 0 saturated carbocycles. The monoisotopic (exact) mass is 347 g/mol. The summed E-state index contributed by atoms with van der Waals surface area (Å²) in [4.78, 5) is 0.418. The Kier molecular flexibility index (Phi) is 6.02. The molecule has 19 heavy (non-hydrogen) atoms. The number of aryl methyl sites for hydroxylation is 2. The van der Waals surface area contributed by atoms with Crippen LogP contribution in [-0.2, 0) is 10.0 Å². The quantitative estimate of drug-likeness (QED) is 0.738. The molecule has 0 heterocycles. The number of hydrogen-bond acceptors (Lipinski definition) is 2. The zero-order valence-electron chi connectivity index (χ0n) is 12.0. The third-order valence-corrected chi connectivity index (χ3v) is 5.80. The molecule has 0 radical (unpaired) electrons. The van der Waals surface area contributed by atoms with Crippen molar-refractivity contribution in [2.75, 3.05) is 11.9 Å². The molecule has 0 bridgehead atoms. The molecule has 108 valence electrons. The van der Waals surface area contributed by atoms with Gasteiger partial charge in [0.25, 0.3) is 0 Å². The summed E-state index contributed by atoms with van der Waals surface area (Å²) >= 11 is 3.35. The van der Waals surface area contributed by atoms with Gasteiger partial charge in [-0.05, 0) is 45.7 Å². The molecule has 0 fully saturated rings. The van der Waals surface area contributed by atoms with Crippen LogP contribution in [0.15, 0.2) is 23.1 Å². The van der Waals surface area contributed by atoms with Gasteiger partial charge < -0.3 is 0 Å². The molecule has 0 aromatic heterocycles. The van der Waals surface area contributed by atoms with Crippen LogP contribution in [0, 0.1) is 13.8 Å². The van der Waals surface area contributed by atoms with Crippen molar-refractivity contribution >= 4 is 26.0 Å². The van der Waals surface area contributed by atoms with Gasteiger partial charge in [0.05, 0.1) is 4.90 Å². The van der Waals surface area contributed by atoms with E-state index in [0.29, 0.717) is 11.4 Å². The van der Waals surface area contributed by atoms with E-state index in [1.165, 1.54) is 0 Å². The summed E-state index contributed by atoms with van der Waals surface area (Å²) in [6.07, 6.45) is 0.808. The Bertz CT molecular complexity index is 526. The lowest BCUT2D eigenvalue weighted by Gasteiger charge is -2.26. The second-order valence-corrected chi connectivity index (χ2v) is 7.67. The Morgan fingerprint density at radius 2 is 1.89 bits per heavy atom. The number of rotatable bonds is 6. The van der Waals surface area contributed by atoms with E-state index in [4.69, 9.17) is 0 Å². The molecule has 0 aliphatic carbocycles. The normalized spacial score (nSPS) is 12.4. The van der Waals surface area contributed by atoms with Gasteiger partial charge in [0.15, 0.2) is 0 Å². The van der Waals surface area contributed by atoms with E-state index in [9.17, 15) is 8.42 Å². The van der Waals surface area contributed by atoms with Crippen LogP contribution in [0.4, 0.5) is 0 Å². The first kappa shape index (κ1) is 16.7. The summed E-state index contributed by atoms with van der Waals surface area (Å²) in [5.74, 6) is 0. The first-order chi connectivity index (χ1) is 8.80. The number of benzene rings is 1. The van der Waals surface area contributed by atoms with Gasteiger partial charge in [-0.1, -0.05) is 33.6 Å². The molecular formula is C14H22BrNO2S. The molecule has 0 amide bonds. The lowest BCUT2D eigenvalue weighted by molar-refractivity contribution is 0.355. The molecule has 5 heteroatoms. The Morgan fingerprint density at radius 3 is 2.37 bits per heavy atom. The van der Waals surface area contributed by atoms with E-state index in [1.54, 1.807) is 10.4 Å². The second kappa shape index (κ2) is 6.86. The maximum atomic E-state index is 12.7. The number of halogens is 1. The fraction of sp³-hybridized carbons (Fsp3) is 0.571. The summed E-state index contributed by atoms with van der Waals surface area (Å²) in [5.41, 5.74) is 1.89. The van der Waals surface area contributed by atoms with E-state index < -0.39 is 10.0 Å². The molecule has 0 aliphatic heterocycles. The van der Waals surface area contributed by atoms with Gasteiger partial charge in [-0.15, -0.1) is 0 Å². The minimum Gasteiger partial charge on any atom is -0.207 e. The van der Waals surface area contributed by atoms with E-state index in [1.807, 2.05) is 39.8 Å². The van der Waals surface area contributed by atoms with Crippen molar-refractivity contribution in [2.45, 2.75) is 45.1 Å². The molecule has 0 aliphatic rings. The highest BCUT2D eigenvalue weighted by Crippen LogP contribution is 2.23. The fourth-order valence-corrected chi connectivity index (χ4v) is 4.22. The van der Waals surface area contributed by atoms with Crippen LogP contribution in [0.1, 0.15) is 31.4 Å². The van der Waals surface area contributed by atoms with Crippen molar-refractivity contribution in [1.29, 1.82) is 0 Å². The first-order valence-corrected chi connectivity index (χ1v) is 9.02. The van der Waals surface area contributed by atoms with Gasteiger partial charge in [-0.25, -0.2) is 8.42 Å². The van der Waals surface area contributed by atoms with Crippen LogP contribution in [0.3, 0.4) is 0 Å². The Labute approximate surface area is 125 Å². The van der Waals surface area contributed by atoms with E-state index in [-0.39, 0.29) is 6.04 Å². The predicted molar refractivity (Wildman–Crippen MR) is 83.4 cm³/mol. The number of nitrogens with zero attached hydrogens (tertiary/aromatic N) is 1. The molecule has 1 aromatic carbocycles. The van der Waals surface area contributed by atoms with Crippen LogP contribution >= 0.6 is 15.9 Å². The van der Waals surface area contributed by atoms with Gasteiger partial charge in [-0.2, -0.15) is 4.31 Å². The Balaban J connectivity index is 3.19. The van der Waals surface area contributed by atoms with Crippen molar-refractivity contribution in [3.63, 3.8) is 0 Å². The van der Waals surface area contributed by atoms with Crippen molar-refractivity contribution in [3.8, 4) is 0 Å². The van der Waals surface area contributed by atoms with Gasteiger partial charge in [0, 0.05) is 17.9 Å². The summed E-state index contributed by atoms with van der Waals surface area (Å²) < 4.78 is 27.0. The average molecular weight is 348 g/mol. The molecule has 0 N–H and O–H groups in total. The van der Waals surface area contributed by atoms with Gasteiger partial charge in [0.1, 0.15) is 0 Å². The maximum Gasteiger partial charge on any atom is 0.243 e. The molecule has 0 spiro atoms. The second-order valence-electron chi connectivity index (χ2n) is 5.02. The van der Waals surface area contributed by atoms with Crippen LogP contribution in [0.2, 0.25) is 0 Å². The zero-order valence-corrected chi connectivity index (χ0v) is 14.4. The third-order valence-electron chi connectivity index (χ3n) is 3.01. The number of hydrogen-bond donors (Lipinski definition) is 0. The third kappa shape index (κ3) is 4.04. The van der Waals surface area contributed by atoms with Crippen LogP contribution in [0.5, 0.6) is 0 Å². The summed E-state index contributed by atoms with van der Waals surface area (Å²) in [5, 5.41) is 0.804. The molecule has 3 nitrogen and oxygen atoms in total.